The molecule has 1 atom stereocenters. The predicted octanol–water partition coefficient (Wildman–Crippen LogP) is 1.98. The zero-order chi connectivity index (χ0) is 18.9. The number of anilines is 1. The maximum absolute atomic E-state index is 12.9. The second-order valence-corrected chi connectivity index (χ2v) is 9.17. The van der Waals surface area contributed by atoms with Crippen molar-refractivity contribution in [3.8, 4) is 0 Å². The zero-order valence-corrected chi connectivity index (χ0v) is 15.7. The van der Waals surface area contributed by atoms with E-state index in [1.165, 1.54) is 16.4 Å². The minimum atomic E-state index is -3.74. The van der Waals surface area contributed by atoms with E-state index < -0.39 is 21.1 Å². The lowest BCUT2D eigenvalue weighted by Crippen LogP contribution is -2.39. The number of aliphatic hydroxyl groups excluding tert-OH is 1. The summed E-state index contributed by atoms with van der Waals surface area (Å²) < 4.78 is 27.1. The molecule has 2 aliphatic rings. The highest BCUT2D eigenvalue weighted by Crippen LogP contribution is 2.34. The van der Waals surface area contributed by atoms with Gasteiger partial charge in [-0.15, -0.1) is 0 Å². The van der Waals surface area contributed by atoms with E-state index in [0.29, 0.717) is 44.2 Å². The number of sulfonamides is 1. The van der Waals surface area contributed by atoms with Crippen LogP contribution < -0.4 is 4.90 Å². The van der Waals surface area contributed by atoms with Crippen LogP contribution in [0.15, 0.2) is 23.1 Å². The van der Waals surface area contributed by atoms with Crippen molar-refractivity contribution in [1.29, 1.82) is 0 Å². The van der Waals surface area contributed by atoms with E-state index in [1.807, 2.05) is 0 Å². The van der Waals surface area contributed by atoms with E-state index in [0.717, 1.165) is 25.3 Å². The molecule has 3 rings (SSSR count). The molecule has 0 spiro atoms. The Morgan fingerprint density at radius 3 is 2.50 bits per heavy atom. The molecule has 1 unspecified atom stereocenters. The summed E-state index contributed by atoms with van der Waals surface area (Å²) in [6, 6.07) is 4.09. The minimum absolute atomic E-state index is 0.0416. The Morgan fingerprint density at radius 2 is 1.88 bits per heavy atom. The first-order chi connectivity index (χ1) is 12.3. The molecule has 2 fully saturated rings. The standard InChI is InChI=1S/C17H25N3O5S/c1-13-6-9-19(10-7-13)26(24,25)15-4-5-16(17(11-15)20(22)23)18-8-2-3-14(21)12-18/h4-5,11,13-14,21H,2-3,6-10,12H2,1H3. The van der Waals surface area contributed by atoms with Gasteiger partial charge in [-0.25, -0.2) is 8.42 Å². The highest BCUT2D eigenvalue weighted by atomic mass is 32.2. The van der Waals surface area contributed by atoms with Crippen LogP contribution in [0.4, 0.5) is 11.4 Å². The lowest BCUT2D eigenvalue weighted by molar-refractivity contribution is -0.384. The van der Waals surface area contributed by atoms with E-state index in [9.17, 15) is 23.6 Å². The van der Waals surface area contributed by atoms with Crippen LogP contribution in [0.1, 0.15) is 32.6 Å². The fraction of sp³-hybridized carbons (Fsp3) is 0.647. The van der Waals surface area contributed by atoms with Crippen molar-refractivity contribution < 1.29 is 18.4 Å². The van der Waals surface area contributed by atoms with Crippen molar-refractivity contribution in [3.05, 3.63) is 28.3 Å². The fourth-order valence-corrected chi connectivity index (χ4v) is 5.12. The third-order valence-electron chi connectivity index (χ3n) is 5.26. The van der Waals surface area contributed by atoms with E-state index in [4.69, 9.17) is 0 Å². The maximum Gasteiger partial charge on any atom is 0.293 e. The zero-order valence-electron chi connectivity index (χ0n) is 14.9. The Kier molecular flexibility index (Phi) is 5.50. The summed E-state index contributed by atoms with van der Waals surface area (Å²) in [4.78, 5) is 12.7. The van der Waals surface area contributed by atoms with Gasteiger partial charge in [0.15, 0.2) is 0 Å². The number of nitro benzene ring substituents is 1. The average molecular weight is 383 g/mol. The monoisotopic (exact) mass is 383 g/mol. The fourth-order valence-electron chi connectivity index (χ4n) is 3.63. The van der Waals surface area contributed by atoms with Crippen LogP contribution in [-0.2, 0) is 10.0 Å². The lowest BCUT2D eigenvalue weighted by atomic mass is 10.0. The van der Waals surface area contributed by atoms with Gasteiger partial charge in [0.1, 0.15) is 5.69 Å². The first-order valence-electron chi connectivity index (χ1n) is 9.00. The number of β-amino-alcohol motifs (C(OH)–C–C–N with tert-alkyl or cyclic N) is 1. The van der Waals surface area contributed by atoms with Crippen LogP contribution in [0.5, 0.6) is 0 Å². The number of hydrogen-bond donors (Lipinski definition) is 1. The van der Waals surface area contributed by atoms with Crippen LogP contribution >= 0.6 is 0 Å². The van der Waals surface area contributed by atoms with E-state index >= 15 is 0 Å². The lowest BCUT2D eigenvalue weighted by Gasteiger charge is -2.32. The second-order valence-electron chi connectivity index (χ2n) is 7.24. The Labute approximate surface area is 153 Å². The normalized spacial score (nSPS) is 23.2. The summed E-state index contributed by atoms with van der Waals surface area (Å²) in [5.41, 5.74) is 0.130. The van der Waals surface area contributed by atoms with Gasteiger partial charge < -0.3 is 10.0 Å². The number of benzene rings is 1. The van der Waals surface area contributed by atoms with Gasteiger partial charge >= 0.3 is 0 Å². The maximum atomic E-state index is 12.9. The molecule has 0 radical (unpaired) electrons. The second kappa shape index (κ2) is 7.50. The summed E-state index contributed by atoms with van der Waals surface area (Å²) >= 11 is 0. The highest BCUT2D eigenvalue weighted by molar-refractivity contribution is 7.89. The predicted molar refractivity (Wildman–Crippen MR) is 97.7 cm³/mol. The van der Waals surface area contributed by atoms with Crippen LogP contribution in [-0.4, -0.2) is 55.0 Å². The molecular formula is C17H25N3O5S. The molecular weight excluding hydrogens is 358 g/mol. The summed E-state index contributed by atoms with van der Waals surface area (Å²) in [7, 11) is -3.74. The first-order valence-corrected chi connectivity index (χ1v) is 10.4. The van der Waals surface area contributed by atoms with E-state index in [-0.39, 0.29) is 10.6 Å². The van der Waals surface area contributed by atoms with Gasteiger partial charge in [-0.2, -0.15) is 4.31 Å². The van der Waals surface area contributed by atoms with Crippen molar-refractivity contribution in [3.63, 3.8) is 0 Å². The van der Waals surface area contributed by atoms with Crippen LogP contribution in [0, 0.1) is 16.0 Å². The number of hydrogen-bond acceptors (Lipinski definition) is 6. The van der Waals surface area contributed by atoms with E-state index in [1.54, 1.807) is 4.90 Å². The molecule has 0 bridgehead atoms. The van der Waals surface area contributed by atoms with Gasteiger partial charge in [-0.05, 0) is 43.7 Å². The van der Waals surface area contributed by atoms with Crippen LogP contribution in [0.2, 0.25) is 0 Å². The van der Waals surface area contributed by atoms with Gasteiger partial charge in [0.05, 0.1) is 15.9 Å². The third kappa shape index (κ3) is 3.84. The first kappa shape index (κ1) is 19.1. The number of aliphatic hydroxyl groups is 1. The Morgan fingerprint density at radius 1 is 1.19 bits per heavy atom. The van der Waals surface area contributed by atoms with Crippen molar-refractivity contribution >= 4 is 21.4 Å². The molecule has 2 aliphatic heterocycles. The van der Waals surface area contributed by atoms with Crippen LogP contribution in [0.3, 0.4) is 0 Å². The summed E-state index contributed by atoms with van der Waals surface area (Å²) in [5, 5.41) is 21.4. The molecule has 8 nitrogen and oxygen atoms in total. The number of nitrogens with zero attached hydrogens (tertiary/aromatic N) is 3. The Hall–Kier alpha value is -1.71. The van der Waals surface area contributed by atoms with Crippen LogP contribution in [0.25, 0.3) is 0 Å². The smallest absolute Gasteiger partial charge is 0.293 e. The van der Waals surface area contributed by atoms with Gasteiger partial charge in [0.2, 0.25) is 10.0 Å². The van der Waals surface area contributed by atoms with Crippen molar-refractivity contribution in [2.24, 2.45) is 5.92 Å². The molecule has 9 heteroatoms. The van der Waals surface area contributed by atoms with Gasteiger partial charge in [0.25, 0.3) is 5.69 Å². The Balaban J connectivity index is 1.92. The topological polar surface area (TPSA) is 104 Å². The largest absolute Gasteiger partial charge is 0.391 e. The molecule has 2 saturated heterocycles. The van der Waals surface area contributed by atoms with E-state index in [2.05, 4.69) is 6.92 Å². The molecule has 0 aromatic heterocycles. The molecule has 2 heterocycles. The Bertz CT molecular complexity index is 775. The quantitative estimate of drug-likeness (QED) is 0.630. The van der Waals surface area contributed by atoms with Crippen molar-refractivity contribution in [2.75, 3.05) is 31.1 Å². The van der Waals surface area contributed by atoms with Gasteiger partial charge in [-0.1, -0.05) is 6.92 Å². The van der Waals surface area contributed by atoms with Crippen molar-refractivity contribution in [1.82, 2.24) is 4.31 Å². The highest BCUT2D eigenvalue weighted by Gasteiger charge is 2.31. The molecule has 144 valence electrons. The van der Waals surface area contributed by atoms with Crippen molar-refractivity contribution in [2.45, 2.75) is 43.6 Å². The molecule has 0 aliphatic carbocycles. The molecule has 0 amide bonds. The summed E-state index contributed by atoms with van der Waals surface area (Å²) in [6.45, 7) is 3.90. The average Bonchev–Trinajstić information content (AvgIpc) is 2.61. The van der Waals surface area contributed by atoms with Gasteiger partial charge in [-0.3, -0.25) is 10.1 Å². The minimum Gasteiger partial charge on any atom is -0.391 e. The molecule has 1 N–H and O–H groups in total. The molecule has 1 aromatic carbocycles. The molecule has 0 saturated carbocycles. The number of rotatable bonds is 4. The molecule has 1 aromatic rings. The SMILES string of the molecule is CC1CCN(S(=O)(=O)c2ccc(N3CCCC(O)C3)c([N+](=O)[O-])c2)CC1. The number of piperidine rings is 2. The van der Waals surface area contributed by atoms with Gasteiger partial charge in [0, 0.05) is 32.2 Å². The summed E-state index contributed by atoms with van der Waals surface area (Å²) in [6.07, 6.45) is 2.48. The number of nitro groups is 1. The molecule has 26 heavy (non-hydrogen) atoms. The summed E-state index contributed by atoms with van der Waals surface area (Å²) in [5.74, 6) is 0.490. The third-order valence-corrected chi connectivity index (χ3v) is 7.16.